The first-order valence-electron chi connectivity index (χ1n) is 5.51. The van der Waals surface area contributed by atoms with Crippen molar-refractivity contribution in [1.82, 2.24) is 0 Å². The van der Waals surface area contributed by atoms with Crippen molar-refractivity contribution in [2.24, 2.45) is 0 Å². The molecule has 0 unspecified atom stereocenters. The van der Waals surface area contributed by atoms with Crippen LogP contribution in [0.3, 0.4) is 0 Å². The van der Waals surface area contributed by atoms with Gasteiger partial charge in [-0.3, -0.25) is 4.72 Å². The average molecular weight is 329 g/mol. The van der Waals surface area contributed by atoms with Gasteiger partial charge in [0.25, 0.3) is 10.0 Å². The van der Waals surface area contributed by atoms with Gasteiger partial charge in [-0.2, -0.15) is 5.26 Å². The van der Waals surface area contributed by atoms with Crippen LogP contribution in [0, 0.1) is 23.0 Å². The zero-order valence-corrected chi connectivity index (χ0v) is 11.8. The maximum Gasteiger partial charge on any atom is 0.263 e. The molecule has 108 valence electrons. The summed E-state index contributed by atoms with van der Waals surface area (Å²) in [5.41, 5.74) is -0.686. The van der Waals surface area contributed by atoms with Gasteiger partial charge in [-0.25, -0.2) is 17.2 Å². The zero-order valence-electron chi connectivity index (χ0n) is 10.3. The molecule has 21 heavy (non-hydrogen) atoms. The third-order valence-electron chi connectivity index (χ3n) is 2.54. The minimum Gasteiger partial charge on any atom is -0.275 e. The van der Waals surface area contributed by atoms with Crippen LogP contribution in [-0.2, 0) is 10.0 Å². The monoisotopic (exact) mass is 328 g/mol. The summed E-state index contributed by atoms with van der Waals surface area (Å²) in [5.74, 6) is -2.09. The van der Waals surface area contributed by atoms with E-state index in [1.165, 1.54) is 24.3 Å². The predicted molar refractivity (Wildman–Crippen MR) is 73.3 cm³/mol. The highest BCUT2D eigenvalue weighted by atomic mass is 35.5. The number of nitrogens with zero attached hydrogens (tertiary/aromatic N) is 1. The Bertz CT molecular complexity index is 824. The Kier molecular flexibility index (Phi) is 4.11. The first-order valence-corrected chi connectivity index (χ1v) is 7.38. The number of nitriles is 1. The third-order valence-corrected chi connectivity index (χ3v) is 4.25. The largest absolute Gasteiger partial charge is 0.275 e. The second kappa shape index (κ2) is 5.68. The Hall–Kier alpha value is -2.17. The van der Waals surface area contributed by atoms with Crippen molar-refractivity contribution >= 4 is 27.3 Å². The molecule has 0 bridgehead atoms. The number of hydrogen-bond acceptors (Lipinski definition) is 3. The molecule has 1 N–H and O–H groups in total. The fourth-order valence-electron chi connectivity index (χ4n) is 1.62. The molecule has 4 nitrogen and oxygen atoms in total. The Labute approximate surface area is 124 Å². The zero-order chi connectivity index (χ0) is 15.6. The standard InChI is InChI=1S/C13H7ClF2N2O2S/c14-10-5-9(15)6-11(16)13(10)18-21(19,20)12-4-2-1-3-8(12)7-17/h1-6,18H. The fourth-order valence-corrected chi connectivity index (χ4v) is 3.17. The molecular weight excluding hydrogens is 322 g/mol. The highest BCUT2D eigenvalue weighted by Gasteiger charge is 2.22. The number of nitrogens with one attached hydrogen (secondary N) is 1. The number of sulfonamides is 1. The van der Waals surface area contributed by atoms with Gasteiger partial charge >= 0.3 is 0 Å². The second-order valence-electron chi connectivity index (χ2n) is 3.96. The Morgan fingerprint density at radius 2 is 1.86 bits per heavy atom. The summed E-state index contributed by atoms with van der Waals surface area (Å²) in [6.07, 6.45) is 0. The maximum absolute atomic E-state index is 13.6. The molecule has 2 aromatic rings. The van der Waals surface area contributed by atoms with Crippen molar-refractivity contribution in [2.75, 3.05) is 4.72 Å². The Morgan fingerprint density at radius 1 is 1.19 bits per heavy atom. The molecule has 0 aliphatic carbocycles. The van der Waals surface area contributed by atoms with Gasteiger partial charge in [0.15, 0.2) is 5.82 Å². The molecule has 2 rings (SSSR count). The van der Waals surface area contributed by atoms with Gasteiger partial charge < -0.3 is 0 Å². The van der Waals surface area contributed by atoms with Crippen molar-refractivity contribution in [3.05, 3.63) is 58.6 Å². The van der Waals surface area contributed by atoms with Crippen molar-refractivity contribution in [3.8, 4) is 6.07 Å². The Morgan fingerprint density at radius 3 is 2.48 bits per heavy atom. The van der Waals surface area contributed by atoms with Crippen LogP contribution in [0.4, 0.5) is 14.5 Å². The molecular formula is C13H7ClF2N2O2S. The van der Waals surface area contributed by atoms with E-state index in [4.69, 9.17) is 16.9 Å². The normalized spacial score (nSPS) is 11.0. The van der Waals surface area contributed by atoms with E-state index in [0.717, 1.165) is 6.07 Å². The van der Waals surface area contributed by atoms with Crippen LogP contribution in [0.15, 0.2) is 41.3 Å². The van der Waals surface area contributed by atoms with E-state index in [1.54, 1.807) is 6.07 Å². The maximum atomic E-state index is 13.6. The average Bonchev–Trinajstić information content (AvgIpc) is 2.43. The van der Waals surface area contributed by atoms with E-state index in [1.807, 2.05) is 4.72 Å². The fraction of sp³-hybridized carbons (Fsp3) is 0. The summed E-state index contributed by atoms with van der Waals surface area (Å²) in [7, 11) is -4.23. The van der Waals surface area contributed by atoms with Crippen LogP contribution in [0.2, 0.25) is 5.02 Å². The van der Waals surface area contributed by atoms with E-state index < -0.39 is 32.4 Å². The molecule has 0 aliphatic heterocycles. The van der Waals surface area contributed by atoms with Gasteiger partial charge in [-0.15, -0.1) is 0 Å². The van der Waals surface area contributed by atoms with E-state index in [0.29, 0.717) is 6.07 Å². The number of rotatable bonds is 3. The third kappa shape index (κ3) is 3.12. The lowest BCUT2D eigenvalue weighted by Gasteiger charge is -2.11. The minimum absolute atomic E-state index is 0.108. The van der Waals surface area contributed by atoms with E-state index in [2.05, 4.69) is 0 Å². The smallest absolute Gasteiger partial charge is 0.263 e. The summed E-state index contributed by atoms with van der Waals surface area (Å²) >= 11 is 5.63. The number of hydrogen-bond donors (Lipinski definition) is 1. The van der Waals surface area contributed by atoms with Crippen LogP contribution in [0.1, 0.15) is 5.56 Å². The molecule has 0 amide bonds. The van der Waals surface area contributed by atoms with Crippen molar-refractivity contribution in [1.29, 1.82) is 5.26 Å². The summed E-state index contributed by atoms with van der Waals surface area (Å²) < 4.78 is 52.9. The van der Waals surface area contributed by atoms with Gasteiger partial charge in [0.1, 0.15) is 22.5 Å². The quantitative estimate of drug-likeness (QED) is 0.939. The molecule has 2 aromatic carbocycles. The molecule has 0 saturated carbocycles. The van der Waals surface area contributed by atoms with Gasteiger partial charge in [-0.1, -0.05) is 23.7 Å². The van der Waals surface area contributed by atoms with Crippen LogP contribution in [0.5, 0.6) is 0 Å². The lowest BCUT2D eigenvalue weighted by molar-refractivity contribution is 0.583. The van der Waals surface area contributed by atoms with Crippen molar-refractivity contribution in [3.63, 3.8) is 0 Å². The molecule has 0 spiro atoms. The topological polar surface area (TPSA) is 70.0 Å². The molecule has 0 aromatic heterocycles. The van der Waals surface area contributed by atoms with Gasteiger partial charge in [0, 0.05) is 6.07 Å². The van der Waals surface area contributed by atoms with Crippen LogP contribution < -0.4 is 4.72 Å². The van der Waals surface area contributed by atoms with Crippen LogP contribution in [-0.4, -0.2) is 8.42 Å². The molecule has 0 atom stereocenters. The van der Waals surface area contributed by atoms with Crippen molar-refractivity contribution < 1.29 is 17.2 Å². The van der Waals surface area contributed by atoms with E-state index in [9.17, 15) is 17.2 Å². The predicted octanol–water partition coefficient (Wildman–Crippen LogP) is 3.29. The van der Waals surface area contributed by atoms with E-state index >= 15 is 0 Å². The number of anilines is 1. The summed E-state index contributed by atoms with van der Waals surface area (Å²) in [4.78, 5) is -0.327. The van der Waals surface area contributed by atoms with Crippen molar-refractivity contribution in [2.45, 2.75) is 4.90 Å². The molecule has 0 saturated heterocycles. The molecule has 0 radical (unpaired) electrons. The molecule has 0 aliphatic rings. The number of benzene rings is 2. The summed E-state index contributed by atoms with van der Waals surface area (Å²) in [5, 5.41) is 8.48. The summed E-state index contributed by atoms with van der Waals surface area (Å²) in [6, 6.07) is 8.39. The highest BCUT2D eigenvalue weighted by molar-refractivity contribution is 7.92. The molecule has 0 heterocycles. The van der Waals surface area contributed by atoms with Crippen LogP contribution in [0.25, 0.3) is 0 Å². The minimum atomic E-state index is -4.23. The first kappa shape index (κ1) is 15.2. The molecule has 0 fully saturated rings. The number of halogens is 3. The highest BCUT2D eigenvalue weighted by Crippen LogP contribution is 2.29. The molecule has 8 heteroatoms. The van der Waals surface area contributed by atoms with Gasteiger partial charge in [0.05, 0.1) is 10.6 Å². The summed E-state index contributed by atoms with van der Waals surface area (Å²) in [6.45, 7) is 0. The van der Waals surface area contributed by atoms with Gasteiger partial charge in [-0.05, 0) is 18.2 Å². The first-order chi connectivity index (χ1) is 9.85. The SMILES string of the molecule is N#Cc1ccccc1S(=O)(=O)Nc1c(F)cc(F)cc1Cl. The van der Waals surface area contributed by atoms with Gasteiger partial charge in [0.2, 0.25) is 0 Å². The van der Waals surface area contributed by atoms with E-state index in [-0.39, 0.29) is 10.5 Å². The Balaban J connectivity index is 2.51. The lowest BCUT2D eigenvalue weighted by Crippen LogP contribution is -2.15. The van der Waals surface area contributed by atoms with Crippen LogP contribution >= 0.6 is 11.6 Å². The second-order valence-corrected chi connectivity index (χ2v) is 6.02. The lowest BCUT2D eigenvalue weighted by atomic mass is 10.2.